The topological polar surface area (TPSA) is 74.2 Å². The molecule has 0 aromatic heterocycles. The Morgan fingerprint density at radius 1 is 1.43 bits per heavy atom. The Kier molecular flexibility index (Phi) is 5.22. The monoisotopic (exact) mass is 285 g/mol. The highest BCUT2D eigenvalue weighted by atomic mass is 16.5. The fraction of sp³-hybridized carbons (Fsp3) is 0.375. The van der Waals surface area contributed by atoms with Gasteiger partial charge in [-0.2, -0.15) is 5.26 Å². The highest BCUT2D eigenvalue weighted by Gasteiger charge is 2.10. The molecule has 1 aliphatic rings. The number of amides is 1. The molecule has 5 heteroatoms. The summed E-state index contributed by atoms with van der Waals surface area (Å²) in [5, 5.41) is 8.69. The summed E-state index contributed by atoms with van der Waals surface area (Å²) in [4.78, 5) is 11.7. The number of nitrogens with one attached hydrogen (secondary N) is 2. The van der Waals surface area contributed by atoms with Gasteiger partial charge in [0.2, 0.25) is 0 Å². The average Bonchev–Trinajstić information content (AvgIpc) is 2.51. The standard InChI is InChI=1S/C16H19N3O2/c1-12-3-2-4-14(9-12)18-19-16(20)11-21-15-7-5-13(10-17)6-8-15/h5-9,12,18H,2-4,11H2,1H3,(H,19,20)/t12-/m1/s1. The predicted molar refractivity (Wildman–Crippen MR) is 79.0 cm³/mol. The minimum atomic E-state index is -0.238. The summed E-state index contributed by atoms with van der Waals surface area (Å²) < 4.78 is 5.35. The molecule has 0 unspecified atom stereocenters. The van der Waals surface area contributed by atoms with Crippen LogP contribution >= 0.6 is 0 Å². The molecule has 1 aromatic rings. The van der Waals surface area contributed by atoms with Gasteiger partial charge in [-0.3, -0.25) is 10.2 Å². The van der Waals surface area contributed by atoms with Crippen LogP contribution in [0.15, 0.2) is 36.0 Å². The van der Waals surface area contributed by atoms with Gasteiger partial charge in [0, 0.05) is 5.70 Å². The van der Waals surface area contributed by atoms with Crippen molar-refractivity contribution in [2.24, 2.45) is 5.92 Å². The maximum Gasteiger partial charge on any atom is 0.276 e. The van der Waals surface area contributed by atoms with Gasteiger partial charge in [0.05, 0.1) is 11.6 Å². The molecule has 0 heterocycles. The van der Waals surface area contributed by atoms with Gasteiger partial charge in [-0.25, -0.2) is 0 Å². The van der Waals surface area contributed by atoms with Gasteiger partial charge < -0.3 is 10.2 Å². The molecule has 1 atom stereocenters. The molecule has 5 nitrogen and oxygen atoms in total. The lowest BCUT2D eigenvalue weighted by Gasteiger charge is -2.19. The SMILES string of the molecule is C[C@H]1C=C(NNC(=O)COc2ccc(C#N)cc2)CCC1. The van der Waals surface area contributed by atoms with E-state index in [1.54, 1.807) is 24.3 Å². The molecule has 110 valence electrons. The van der Waals surface area contributed by atoms with Gasteiger partial charge in [0.1, 0.15) is 5.75 Å². The van der Waals surface area contributed by atoms with Crippen LogP contribution in [0.5, 0.6) is 5.75 Å². The average molecular weight is 285 g/mol. The van der Waals surface area contributed by atoms with Crippen molar-refractivity contribution in [2.75, 3.05) is 6.61 Å². The van der Waals surface area contributed by atoms with E-state index in [4.69, 9.17) is 10.00 Å². The molecular weight excluding hydrogens is 266 g/mol. The normalized spacial score (nSPS) is 17.3. The van der Waals surface area contributed by atoms with E-state index in [1.165, 1.54) is 6.42 Å². The van der Waals surface area contributed by atoms with Crippen LogP contribution in [0.1, 0.15) is 31.7 Å². The van der Waals surface area contributed by atoms with Crippen LogP contribution in [0.3, 0.4) is 0 Å². The molecule has 2 rings (SSSR count). The third kappa shape index (κ3) is 4.84. The molecule has 21 heavy (non-hydrogen) atoms. The largest absolute Gasteiger partial charge is 0.484 e. The second-order valence-corrected chi connectivity index (χ2v) is 5.16. The summed E-state index contributed by atoms with van der Waals surface area (Å²) >= 11 is 0. The molecule has 1 amide bonds. The van der Waals surface area contributed by atoms with Crippen molar-refractivity contribution in [3.8, 4) is 11.8 Å². The summed E-state index contributed by atoms with van der Waals surface area (Å²) in [5.74, 6) is 0.876. The second-order valence-electron chi connectivity index (χ2n) is 5.16. The zero-order chi connectivity index (χ0) is 15.1. The molecule has 0 fully saturated rings. The molecule has 2 N–H and O–H groups in total. The highest BCUT2D eigenvalue weighted by Crippen LogP contribution is 2.19. The molecule has 1 aromatic carbocycles. The number of hydrogen-bond donors (Lipinski definition) is 2. The summed E-state index contributed by atoms with van der Waals surface area (Å²) in [5.41, 5.74) is 7.19. The van der Waals surface area contributed by atoms with Crippen LogP contribution in [0.2, 0.25) is 0 Å². The maximum absolute atomic E-state index is 11.7. The Labute approximate surface area is 124 Å². The number of carbonyl (C=O) groups excluding carboxylic acids is 1. The first kappa shape index (κ1) is 14.9. The van der Waals surface area contributed by atoms with E-state index >= 15 is 0 Å². The Hall–Kier alpha value is -2.48. The Morgan fingerprint density at radius 3 is 2.86 bits per heavy atom. The lowest BCUT2D eigenvalue weighted by Crippen LogP contribution is -2.40. The van der Waals surface area contributed by atoms with Gasteiger partial charge in [0.15, 0.2) is 6.61 Å². The van der Waals surface area contributed by atoms with E-state index in [1.807, 2.05) is 6.07 Å². The van der Waals surface area contributed by atoms with Crippen LogP contribution in [0.4, 0.5) is 0 Å². The molecule has 0 bridgehead atoms. The van der Waals surface area contributed by atoms with Crippen LogP contribution < -0.4 is 15.6 Å². The number of hydrogen-bond acceptors (Lipinski definition) is 4. The number of nitrogens with zero attached hydrogens (tertiary/aromatic N) is 1. The molecule has 0 radical (unpaired) electrons. The summed E-state index contributed by atoms with van der Waals surface area (Å²) in [6.07, 6.45) is 5.44. The van der Waals surface area contributed by atoms with E-state index in [0.29, 0.717) is 17.2 Å². The van der Waals surface area contributed by atoms with Crippen LogP contribution in [0, 0.1) is 17.2 Å². The highest BCUT2D eigenvalue weighted by molar-refractivity contribution is 5.77. The minimum absolute atomic E-state index is 0.0677. The van der Waals surface area contributed by atoms with Gasteiger partial charge >= 0.3 is 0 Å². The summed E-state index contributed by atoms with van der Waals surface area (Å²) in [6.45, 7) is 2.10. The van der Waals surface area contributed by atoms with E-state index in [-0.39, 0.29) is 12.5 Å². The fourth-order valence-electron chi connectivity index (χ4n) is 2.19. The van der Waals surface area contributed by atoms with Crippen molar-refractivity contribution < 1.29 is 9.53 Å². The Bertz CT molecular complexity index is 558. The lowest BCUT2D eigenvalue weighted by atomic mass is 9.96. The number of benzene rings is 1. The van der Waals surface area contributed by atoms with Crippen molar-refractivity contribution in [2.45, 2.75) is 26.2 Å². The molecule has 0 aliphatic heterocycles. The lowest BCUT2D eigenvalue weighted by molar-refractivity contribution is -0.123. The first-order chi connectivity index (χ1) is 10.2. The molecule has 0 spiro atoms. The predicted octanol–water partition coefficient (Wildman–Crippen LogP) is 2.26. The van der Waals surface area contributed by atoms with Crippen molar-refractivity contribution in [1.82, 2.24) is 10.9 Å². The van der Waals surface area contributed by atoms with Gasteiger partial charge in [-0.05, 0) is 49.4 Å². The van der Waals surface area contributed by atoms with E-state index in [9.17, 15) is 4.79 Å². The quantitative estimate of drug-likeness (QED) is 0.814. The van der Waals surface area contributed by atoms with E-state index < -0.39 is 0 Å². The number of rotatable bonds is 5. The molecule has 1 aliphatic carbocycles. The molecule has 0 saturated heterocycles. The first-order valence-electron chi connectivity index (χ1n) is 7.06. The van der Waals surface area contributed by atoms with Crippen molar-refractivity contribution in [3.05, 3.63) is 41.6 Å². The van der Waals surface area contributed by atoms with E-state index in [0.717, 1.165) is 18.5 Å². The minimum Gasteiger partial charge on any atom is -0.484 e. The van der Waals surface area contributed by atoms with Crippen molar-refractivity contribution >= 4 is 5.91 Å². The number of nitriles is 1. The van der Waals surface area contributed by atoms with Crippen LogP contribution in [0.25, 0.3) is 0 Å². The fourth-order valence-corrected chi connectivity index (χ4v) is 2.19. The van der Waals surface area contributed by atoms with Gasteiger partial charge in [-0.15, -0.1) is 0 Å². The maximum atomic E-state index is 11.7. The van der Waals surface area contributed by atoms with Gasteiger partial charge in [-0.1, -0.05) is 13.0 Å². The van der Waals surface area contributed by atoms with Gasteiger partial charge in [0.25, 0.3) is 5.91 Å². The zero-order valence-electron chi connectivity index (χ0n) is 12.1. The number of carbonyl (C=O) groups is 1. The van der Waals surface area contributed by atoms with Crippen LogP contribution in [-0.2, 0) is 4.79 Å². The van der Waals surface area contributed by atoms with E-state index in [2.05, 4.69) is 23.9 Å². The smallest absolute Gasteiger partial charge is 0.276 e. The number of hydrazine groups is 1. The third-order valence-electron chi connectivity index (χ3n) is 3.31. The molecular formula is C16H19N3O2. The number of ether oxygens (including phenoxy) is 1. The third-order valence-corrected chi connectivity index (χ3v) is 3.31. The Balaban J connectivity index is 1.73. The number of allylic oxidation sites excluding steroid dienone is 2. The summed E-state index contributed by atoms with van der Waals surface area (Å²) in [7, 11) is 0. The summed E-state index contributed by atoms with van der Waals surface area (Å²) in [6, 6.07) is 8.68. The zero-order valence-corrected chi connectivity index (χ0v) is 12.1. The second kappa shape index (κ2) is 7.34. The van der Waals surface area contributed by atoms with Crippen molar-refractivity contribution in [3.63, 3.8) is 0 Å². The van der Waals surface area contributed by atoms with Crippen molar-refractivity contribution in [1.29, 1.82) is 5.26 Å². The van der Waals surface area contributed by atoms with Crippen LogP contribution in [-0.4, -0.2) is 12.5 Å². The first-order valence-corrected chi connectivity index (χ1v) is 7.06. The Morgan fingerprint density at radius 2 is 2.19 bits per heavy atom. The molecule has 0 saturated carbocycles.